The molecule has 0 saturated heterocycles. The van der Waals surface area contributed by atoms with Crippen LogP contribution in [0.5, 0.6) is 0 Å². The van der Waals surface area contributed by atoms with Gasteiger partial charge in [0.15, 0.2) is 0 Å². The molecule has 0 aliphatic carbocycles. The average molecular weight is 310 g/mol. The van der Waals surface area contributed by atoms with Crippen LogP contribution in [0.15, 0.2) is 42.5 Å². The van der Waals surface area contributed by atoms with Gasteiger partial charge in [-0.2, -0.15) is 0 Å². The smallest absolute Gasteiger partial charge is 0.340 e. The van der Waals surface area contributed by atoms with Crippen LogP contribution >= 0.6 is 23.2 Å². The first-order chi connectivity index (χ1) is 9.49. The largest absolute Gasteiger partial charge is 0.454 e. The Morgan fingerprint density at radius 2 is 1.85 bits per heavy atom. The van der Waals surface area contributed by atoms with Crippen LogP contribution < -0.4 is 5.73 Å². The van der Waals surface area contributed by atoms with Gasteiger partial charge in [-0.05, 0) is 24.6 Å². The van der Waals surface area contributed by atoms with Gasteiger partial charge in [-0.3, -0.25) is 0 Å². The lowest BCUT2D eigenvalue weighted by Crippen LogP contribution is -2.11. The highest BCUT2D eigenvalue weighted by Crippen LogP contribution is 2.29. The summed E-state index contributed by atoms with van der Waals surface area (Å²) in [6.07, 6.45) is -0.388. The van der Waals surface area contributed by atoms with Gasteiger partial charge in [0, 0.05) is 5.02 Å². The number of anilines is 1. The van der Waals surface area contributed by atoms with Crippen molar-refractivity contribution in [1.82, 2.24) is 0 Å². The normalized spacial score (nSPS) is 11.9. The van der Waals surface area contributed by atoms with Gasteiger partial charge in [0.2, 0.25) is 0 Å². The molecule has 0 heterocycles. The number of nitrogens with two attached hydrogens (primary N) is 1. The number of ether oxygens (including phenoxy) is 1. The Morgan fingerprint density at radius 1 is 1.20 bits per heavy atom. The van der Waals surface area contributed by atoms with E-state index in [9.17, 15) is 4.79 Å². The van der Waals surface area contributed by atoms with Gasteiger partial charge in [-0.25, -0.2) is 4.79 Å². The molecule has 0 aliphatic rings. The molecular weight excluding hydrogens is 297 g/mol. The van der Waals surface area contributed by atoms with Crippen molar-refractivity contribution < 1.29 is 9.53 Å². The molecule has 0 aromatic heterocycles. The third-order valence-electron chi connectivity index (χ3n) is 2.87. The summed E-state index contributed by atoms with van der Waals surface area (Å²) < 4.78 is 5.38. The third kappa shape index (κ3) is 3.24. The van der Waals surface area contributed by atoms with E-state index in [1.165, 1.54) is 12.1 Å². The zero-order valence-corrected chi connectivity index (χ0v) is 12.3. The molecule has 0 bridgehead atoms. The maximum absolute atomic E-state index is 12.1. The fourth-order valence-corrected chi connectivity index (χ4v) is 2.26. The van der Waals surface area contributed by atoms with Crippen molar-refractivity contribution >= 4 is 34.9 Å². The van der Waals surface area contributed by atoms with Gasteiger partial charge in [0.1, 0.15) is 6.10 Å². The molecular formula is C15H13Cl2NO2. The second-order valence-corrected chi connectivity index (χ2v) is 5.15. The maximum Gasteiger partial charge on any atom is 0.340 e. The first-order valence-electron chi connectivity index (χ1n) is 5.99. The summed E-state index contributed by atoms with van der Waals surface area (Å²) in [5.74, 6) is -0.553. The minimum atomic E-state index is -0.553. The summed E-state index contributed by atoms with van der Waals surface area (Å²) >= 11 is 11.8. The average Bonchev–Trinajstić information content (AvgIpc) is 2.43. The predicted molar refractivity (Wildman–Crippen MR) is 81.1 cm³/mol. The molecule has 3 nitrogen and oxygen atoms in total. The Kier molecular flexibility index (Phi) is 4.53. The molecule has 2 rings (SSSR count). The summed E-state index contributed by atoms with van der Waals surface area (Å²) in [5.41, 5.74) is 7.01. The first-order valence-corrected chi connectivity index (χ1v) is 6.75. The van der Waals surface area contributed by atoms with Gasteiger partial charge in [0.25, 0.3) is 0 Å². The Morgan fingerprint density at radius 3 is 2.50 bits per heavy atom. The number of carbonyl (C=O) groups is 1. The number of nitrogen functional groups attached to an aromatic ring is 1. The zero-order chi connectivity index (χ0) is 14.7. The fourth-order valence-electron chi connectivity index (χ4n) is 1.77. The summed E-state index contributed by atoms with van der Waals surface area (Å²) in [4.78, 5) is 12.1. The van der Waals surface area contributed by atoms with E-state index < -0.39 is 5.97 Å². The first kappa shape index (κ1) is 14.7. The van der Waals surface area contributed by atoms with Crippen LogP contribution in [0.3, 0.4) is 0 Å². The van der Waals surface area contributed by atoms with E-state index in [4.69, 9.17) is 33.7 Å². The lowest BCUT2D eigenvalue weighted by molar-refractivity contribution is 0.0339. The highest BCUT2D eigenvalue weighted by Gasteiger charge is 2.18. The van der Waals surface area contributed by atoms with Crippen LogP contribution in [-0.2, 0) is 4.74 Å². The summed E-state index contributed by atoms with van der Waals surface area (Å²) in [6, 6.07) is 12.3. The second-order valence-electron chi connectivity index (χ2n) is 4.31. The summed E-state index contributed by atoms with van der Waals surface area (Å²) in [6.45, 7) is 1.79. The van der Waals surface area contributed by atoms with E-state index in [2.05, 4.69) is 0 Å². The molecule has 0 saturated carbocycles. The minimum Gasteiger partial charge on any atom is -0.454 e. The molecule has 104 valence electrons. The van der Waals surface area contributed by atoms with Crippen molar-refractivity contribution in [3.63, 3.8) is 0 Å². The number of hydrogen-bond acceptors (Lipinski definition) is 3. The number of halogens is 2. The molecule has 0 radical (unpaired) electrons. The Labute approximate surface area is 127 Å². The molecule has 20 heavy (non-hydrogen) atoms. The molecule has 5 heteroatoms. The van der Waals surface area contributed by atoms with E-state index in [1.54, 1.807) is 6.92 Å². The van der Waals surface area contributed by atoms with Crippen molar-refractivity contribution in [1.29, 1.82) is 0 Å². The highest BCUT2D eigenvalue weighted by molar-refractivity contribution is 6.37. The Balaban J connectivity index is 2.21. The number of hydrogen-bond donors (Lipinski definition) is 1. The maximum atomic E-state index is 12.1. The van der Waals surface area contributed by atoms with Crippen molar-refractivity contribution in [2.75, 3.05) is 5.73 Å². The summed E-state index contributed by atoms with van der Waals surface area (Å²) in [7, 11) is 0. The van der Waals surface area contributed by atoms with Crippen LogP contribution in [0.2, 0.25) is 10.0 Å². The third-order valence-corrected chi connectivity index (χ3v) is 3.40. The lowest BCUT2D eigenvalue weighted by atomic mass is 10.1. The number of esters is 1. The van der Waals surface area contributed by atoms with E-state index in [0.29, 0.717) is 5.02 Å². The molecule has 0 spiro atoms. The zero-order valence-electron chi connectivity index (χ0n) is 10.8. The van der Waals surface area contributed by atoms with E-state index in [-0.39, 0.29) is 22.4 Å². The second kappa shape index (κ2) is 6.16. The minimum absolute atomic E-state index is 0.168. The van der Waals surface area contributed by atoms with Gasteiger partial charge >= 0.3 is 5.97 Å². The van der Waals surface area contributed by atoms with Crippen LogP contribution in [-0.4, -0.2) is 5.97 Å². The quantitative estimate of drug-likeness (QED) is 0.671. The molecule has 2 aromatic carbocycles. The summed E-state index contributed by atoms with van der Waals surface area (Å²) in [5, 5.41) is 0.570. The highest BCUT2D eigenvalue weighted by atomic mass is 35.5. The molecule has 2 N–H and O–H groups in total. The number of rotatable bonds is 3. The van der Waals surface area contributed by atoms with E-state index in [1.807, 2.05) is 30.3 Å². The Bertz CT molecular complexity index is 629. The molecule has 0 fully saturated rings. The van der Waals surface area contributed by atoms with Crippen molar-refractivity contribution in [2.24, 2.45) is 0 Å². The van der Waals surface area contributed by atoms with Crippen molar-refractivity contribution in [3.8, 4) is 0 Å². The monoisotopic (exact) mass is 309 g/mol. The fraction of sp³-hybridized carbons (Fsp3) is 0.133. The Hall–Kier alpha value is -1.71. The predicted octanol–water partition coefficient (Wildman–Crippen LogP) is 4.49. The van der Waals surface area contributed by atoms with Crippen LogP contribution in [0.25, 0.3) is 0 Å². The van der Waals surface area contributed by atoms with Gasteiger partial charge in [0.05, 0.1) is 16.3 Å². The molecule has 1 atom stereocenters. The van der Waals surface area contributed by atoms with E-state index in [0.717, 1.165) is 5.56 Å². The van der Waals surface area contributed by atoms with Crippen LogP contribution in [0.1, 0.15) is 28.9 Å². The lowest BCUT2D eigenvalue weighted by Gasteiger charge is -2.15. The standard InChI is InChI=1S/C15H13Cl2NO2/c1-9(10-5-3-2-4-6-10)20-15(19)12-7-11(16)8-13(17)14(12)18/h2-9H,18H2,1H3. The molecule has 0 aliphatic heterocycles. The van der Waals surface area contributed by atoms with Gasteiger partial charge < -0.3 is 10.5 Å². The molecule has 1 unspecified atom stereocenters. The van der Waals surface area contributed by atoms with Crippen molar-refractivity contribution in [2.45, 2.75) is 13.0 Å². The van der Waals surface area contributed by atoms with Crippen LogP contribution in [0.4, 0.5) is 5.69 Å². The number of benzene rings is 2. The van der Waals surface area contributed by atoms with Gasteiger partial charge in [-0.1, -0.05) is 53.5 Å². The number of carbonyl (C=O) groups excluding carboxylic acids is 1. The van der Waals surface area contributed by atoms with Gasteiger partial charge in [-0.15, -0.1) is 0 Å². The van der Waals surface area contributed by atoms with E-state index >= 15 is 0 Å². The van der Waals surface area contributed by atoms with Crippen molar-refractivity contribution in [3.05, 3.63) is 63.6 Å². The molecule has 2 aromatic rings. The topological polar surface area (TPSA) is 52.3 Å². The SMILES string of the molecule is CC(OC(=O)c1cc(Cl)cc(Cl)c1N)c1ccccc1. The molecule has 0 amide bonds. The van der Waals surface area contributed by atoms with Crippen LogP contribution in [0, 0.1) is 0 Å².